The lowest BCUT2D eigenvalue weighted by Crippen LogP contribution is -2.40. The lowest BCUT2D eigenvalue weighted by Gasteiger charge is -2.23. The van der Waals surface area contributed by atoms with E-state index in [0.717, 1.165) is 0 Å². The van der Waals surface area contributed by atoms with E-state index in [1.807, 2.05) is 0 Å². The first kappa shape index (κ1) is 23.3. The standard InChI is InChI=1S/C18H26N2O7S2/c1-4-20(5-2)29(25,26)16-8-6-14(7-9-16)18(22)27-12-17(21)19(3)15-10-11-28(23,24)13-15/h6-9,15H,4-5,10-13H2,1-3H3. The Kier molecular flexibility index (Phi) is 7.41. The first-order valence-corrected chi connectivity index (χ1v) is 12.5. The fourth-order valence-electron chi connectivity index (χ4n) is 3.07. The number of rotatable bonds is 8. The summed E-state index contributed by atoms with van der Waals surface area (Å²) in [5, 5.41) is 0. The molecule has 11 heteroatoms. The normalized spacial score (nSPS) is 18.6. The van der Waals surface area contributed by atoms with Crippen LogP contribution in [-0.4, -0.2) is 82.2 Å². The summed E-state index contributed by atoms with van der Waals surface area (Å²) < 4.78 is 54.3. The van der Waals surface area contributed by atoms with Crippen LogP contribution in [0.3, 0.4) is 0 Å². The minimum atomic E-state index is -3.63. The van der Waals surface area contributed by atoms with Gasteiger partial charge in [0.2, 0.25) is 10.0 Å². The highest BCUT2D eigenvalue weighted by molar-refractivity contribution is 7.91. The van der Waals surface area contributed by atoms with Crippen LogP contribution in [0.4, 0.5) is 0 Å². The molecule has 29 heavy (non-hydrogen) atoms. The zero-order valence-corrected chi connectivity index (χ0v) is 18.3. The summed E-state index contributed by atoms with van der Waals surface area (Å²) in [6.07, 6.45) is 0.362. The Balaban J connectivity index is 1.97. The number of ether oxygens (including phenoxy) is 1. The summed E-state index contributed by atoms with van der Waals surface area (Å²) in [6, 6.07) is 4.88. The predicted molar refractivity (Wildman–Crippen MR) is 107 cm³/mol. The highest BCUT2D eigenvalue weighted by Gasteiger charge is 2.33. The number of nitrogens with zero attached hydrogens (tertiary/aromatic N) is 2. The van der Waals surface area contributed by atoms with Crippen molar-refractivity contribution in [2.45, 2.75) is 31.2 Å². The van der Waals surface area contributed by atoms with Gasteiger partial charge in [0, 0.05) is 26.2 Å². The Morgan fingerprint density at radius 3 is 2.21 bits per heavy atom. The van der Waals surface area contributed by atoms with Gasteiger partial charge in [-0.1, -0.05) is 13.8 Å². The first-order valence-electron chi connectivity index (χ1n) is 9.25. The number of carbonyl (C=O) groups is 2. The second-order valence-corrected chi connectivity index (χ2v) is 10.9. The molecule has 0 spiro atoms. The lowest BCUT2D eigenvalue weighted by atomic mass is 10.2. The van der Waals surface area contributed by atoms with Gasteiger partial charge in [-0.05, 0) is 30.7 Å². The van der Waals surface area contributed by atoms with E-state index in [4.69, 9.17) is 4.74 Å². The number of sulfonamides is 1. The number of carbonyl (C=O) groups excluding carboxylic acids is 2. The van der Waals surface area contributed by atoms with Crippen LogP contribution in [0.15, 0.2) is 29.2 Å². The summed E-state index contributed by atoms with van der Waals surface area (Å²) in [5.41, 5.74) is 0.113. The van der Waals surface area contributed by atoms with Crippen molar-refractivity contribution < 1.29 is 31.2 Å². The van der Waals surface area contributed by atoms with Crippen LogP contribution in [0.25, 0.3) is 0 Å². The number of amides is 1. The Morgan fingerprint density at radius 2 is 1.72 bits per heavy atom. The topological polar surface area (TPSA) is 118 Å². The van der Waals surface area contributed by atoms with E-state index in [0.29, 0.717) is 19.5 Å². The number of hydrogen-bond donors (Lipinski definition) is 0. The molecule has 1 fully saturated rings. The minimum absolute atomic E-state index is 0.0395. The van der Waals surface area contributed by atoms with Crippen molar-refractivity contribution in [3.63, 3.8) is 0 Å². The molecule has 2 rings (SSSR count). The molecule has 1 aromatic rings. The molecule has 1 aliphatic rings. The van der Waals surface area contributed by atoms with Crippen molar-refractivity contribution in [2.75, 3.05) is 38.2 Å². The number of esters is 1. The molecule has 1 aliphatic heterocycles. The third kappa shape index (κ3) is 5.55. The highest BCUT2D eigenvalue weighted by Crippen LogP contribution is 2.18. The van der Waals surface area contributed by atoms with Gasteiger partial charge in [-0.15, -0.1) is 0 Å². The van der Waals surface area contributed by atoms with Crippen LogP contribution in [0.1, 0.15) is 30.6 Å². The molecule has 1 unspecified atom stereocenters. The molecule has 0 bridgehead atoms. The number of hydrogen-bond acceptors (Lipinski definition) is 7. The number of benzene rings is 1. The zero-order valence-electron chi connectivity index (χ0n) is 16.7. The molecule has 1 atom stereocenters. The average Bonchev–Trinajstić information content (AvgIpc) is 3.05. The summed E-state index contributed by atoms with van der Waals surface area (Å²) in [5.74, 6) is -1.32. The van der Waals surface area contributed by atoms with Gasteiger partial charge in [-0.25, -0.2) is 21.6 Å². The van der Waals surface area contributed by atoms with E-state index in [-0.39, 0.29) is 22.0 Å². The fraction of sp³-hybridized carbons (Fsp3) is 0.556. The van der Waals surface area contributed by atoms with Gasteiger partial charge in [-0.2, -0.15) is 4.31 Å². The smallest absolute Gasteiger partial charge is 0.338 e. The maximum Gasteiger partial charge on any atom is 0.338 e. The Hall–Kier alpha value is -1.98. The van der Waals surface area contributed by atoms with Crippen LogP contribution in [-0.2, 0) is 29.4 Å². The van der Waals surface area contributed by atoms with Crippen molar-refractivity contribution in [3.8, 4) is 0 Å². The molecule has 0 N–H and O–H groups in total. The van der Waals surface area contributed by atoms with Crippen molar-refractivity contribution >= 4 is 31.7 Å². The van der Waals surface area contributed by atoms with Crippen LogP contribution in [0.2, 0.25) is 0 Å². The fourth-order valence-corrected chi connectivity index (χ4v) is 6.30. The number of sulfone groups is 1. The van der Waals surface area contributed by atoms with Gasteiger partial charge < -0.3 is 9.64 Å². The van der Waals surface area contributed by atoms with Gasteiger partial charge in [0.1, 0.15) is 0 Å². The SMILES string of the molecule is CCN(CC)S(=O)(=O)c1ccc(C(=O)OCC(=O)N(C)C2CCS(=O)(=O)C2)cc1. The predicted octanol–water partition coefficient (Wildman–Crippen LogP) is 0.519. The molecular weight excluding hydrogens is 420 g/mol. The minimum Gasteiger partial charge on any atom is -0.452 e. The Bertz CT molecular complexity index is 952. The number of likely N-dealkylation sites (N-methyl/N-ethyl adjacent to an activating group) is 1. The van der Waals surface area contributed by atoms with E-state index in [2.05, 4.69) is 0 Å². The van der Waals surface area contributed by atoms with E-state index in [1.54, 1.807) is 13.8 Å². The molecule has 1 amide bonds. The molecule has 1 heterocycles. The molecule has 0 aliphatic carbocycles. The second-order valence-electron chi connectivity index (χ2n) is 6.75. The second kappa shape index (κ2) is 9.23. The molecule has 9 nitrogen and oxygen atoms in total. The highest BCUT2D eigenvalue weighted by atomic mass is 32.2. The van der Waals surface area contributed by atoms with Crippen LogP contribution < -0.4 is 0 Å². The van der Waals surface area contributed by atoms with Crippen molar-refractivity contribution in [2.24, 2.45) is 0 Å². The van der Waals surface area contributed by atoms with Crippen LogP contribution >= 0.6 is 0 Å². The average molecular weight is 447 g/mol. The van der Waals surface area contributed by atoms with E-state index < -0.39 is 44.4 Å². The van der Waals surface area contributed by atoms with E-state index in [9.17, 15) is 26.4 Å². The summed E-state index contributed by atoms with van der Waals surface area (Å²) in [6.45, 7) is 3.62. The summed E-state index contributed by atoms with van der Waals surface area (Å²) in [7, 11) is -5.28. The van der Waals surface area contributed by atoms with Crippen molar-refractivity contribution in [1.82, 2.24) is 9.21 Å². The molecule has 1 saturated heterocycles. The van der Waals surface area contributed by atoms with Gasteiger partial charge in [0.25, 0.3) is 5.91 Å². The van der Waals surface area contributed by atoms with Gasteiger partial charge >= 0.3 is 5.97 Å². The Labute approximate surface area is 171 Å². The van der Waals surface area contributed by atoms with Crippen LogP contribution in [0.5, 0.6) is 0 Å². The monoisotopic (exact) mass is 446 g/mol. The molecule has 1 aromatic carbocycles. The molecule has 0 radical (unpaired) electrons. The van der Waals surface area contributed by atoms with Gasteiger partial charge in [0.05, 0.1) is 22.0 Å². The Morgan fingerprint density at radius 1 is 1.14 bits per heavy atom. The largest absolute Gasteiger partial charge is 0.452 e. The third-order valence-electron chi connectivity index (χ3n) is 4.91. The first-order chi connectivity index (χ1) is 13.5. The maximum atomic E-state index is 12.5. The molecular formula is C18H26N2O7S2. The third-order valence-corrected chi connectivity index (χ3v) is 8.72. The van der Waals surface area contributed by atoms with Crippen molar-refractivity contribution in [3.05, 3.63) is 29.8 Å². The van der Waals surface area contributed by atoms with Gasteiger partial charge in [-0.3, -0.25) is 4.79 Å². The quantitative estimate of drug-likeness (QED) is 0.534. The maximum absolute atomic E-state index is 12.5. The van der Waals surface area contributed by atoms with Gasteiger partial charge in [0.15, 0.2) is 16.4 Å². The molecule has 0 aromatic heterocycles. The van der Waals surface area contributed by atoms with E-state index >= 15 is 0 Å². The lowest BCUT2D eigenvalue weighted by molar-refractivity contribution is -0.134. The summed E-state index contributed by atoms with van der Waals surface area (Å²) >= 11 is 0. The van der Waals surface area contributed by atoms with Crippen molar-refractivity contribution in [1.29, 1.82) is 0 Å². The van der Waals surface area contributed by atoms with E-state index in [1.165, 1.54) is 40.5 Å². The summed E-state index contributed by atoms with van der Waals surface area (Å²) in [4.78, 5) is 25.7. The van der Waals surface area contributed by atoms with Crippen LogP contribution in [0, 0.1) is 0 Å². The zero-order chi connectivity index (χ0) is 21.8. The molecule has 0 saturated carbocycles. The molecule has 162 valence electrons.